The van der Waals surface area contributed by atoms with Crippen LogP contribution >= 0.6 is 0 Å². The Morgan fingerprint density at radius 2 is 2.00 bits per heavy atom. The Morgan fingerprint density at radius 3 is 2.41 bits per heavy atom. The van der Waals surface area contributed by atoms with Crippen LogP contribution in [0.3, 0.4) is 0 Å². The van der Waals surface area contributed by atoms with Gasteiger partial charge in [0.1, 0.15) is 16.9 Å². The average molecular weight is 269 g/mol. The van der Waals surface area contributed by atoms with Crippen LogP contribution in [0.1, 0.15) is 0 Å². The lowest BCUT2D eigenvalue weighted by atomic mass is 10.3. The largest absolute Gasteiger partial charge is 0.604 e. The Kier molecular flexibility index (Phi) is 3.83. The zero-order valence-electron chi connectivity index (χ0n) is 8.35. The Balaban J connectivity index is 3.29. The lowest BCUT2D eigenvalue weighted by Gasteiger charge is -2.12. The Labute approximate surface area is 96.5 Å². The summed E-state index contributed by atoms with van der Waals surface area (Å²) in [6.45, 7) is 0. The van der Waals surface area contributed by atoms with Gasteiger partial charge in [0.05, 0.1) is 18.1 Å². The minimum atomic E-state index is -5.04. The molecule has 0 N–H and O–H groups in total. The molecule has 0 aliphatic rings. The second-order valence-corrected chi connectivity index (χ2v) is 4.25. The predicted octanol–water partition coefficient (Wildman–Crippen LogP) is 2.23. The van der Waals surface area contributed by atoms with E-state index in [9.17, 15) is 27.8 Å². The van der Waals surface area contributed by atoms with Crippen LogP contribution in [0, 0.1) is 10.1 Å². The van der Waals surface area contributed by atoms with Crippen molar-refractivity contribution in [1.29, 1.82) is 0 Å². The van der Waals surface area contributed by atoms with Gasteiger partial charge in [0, 0.05) is 6.07 Å². The number of rotatable bonds is 3. The van der Waals surface area contributed by atoms with E-state index in [2.05, 4.69) is 4.74 Å². The zero-order chi connectivity index (χ0) is 13.2. The van der Waals surface area contributed by atoms with Crippen LogP contribution in [0.4, 0.5) is 18.9 Å². The monoisotopic (exact) mass is 269 g/mol. The van der Waals surface area contributed by atoms with E-state index in [1.54, 1.807) is 0 Å². The number of benzene rings is 1. The summed E-state index contributed by atoms with van der Waals surface area (Å²) < 4.78 is 52.3. The molecule has 0 heterocycles. The smallest absolute Gasteiger partial charge is 0.578 e. The highest BCUT2D eigenvalue weighted by molar-refractivity contribution is 7.92. The van der Waals surface area contributed by atoms with E-state index in [1.807, 2.05) is 0 Å². The fourth-order valence-electron chi connectivity index (χ4n) is 1.05. The van der Waals surface area contributed by atoms with E-state index in [4.69, 9.17) is 0 Å². The van der Waals surface area contributed by atoms with Crippen LogP contribution in [-0.2, 0) is 11.2 Å². The summed E-state index contributed by atoms with van der Waals surface area (Å²) in [5, 5.41) is 10.6. The van der Waals surface area contributed by atoms with E-state index in [0.29, 0.717) is 0 Å². The first kappa shape index (κ1) is 13.6. The number of nitro benzene ring substituents is 1. The van der Waals surface area contributed by atoms with Crippen molar-refractivity contribution in [2.24, 2.45) is 0 Å². The molecular formula is C8H6F3NO4S. The number of methoxy groups -OCH3 is 1. The van der Waals surface area contributed by atoms with E-state index >= 15 is 0 Å². The third kappa shape index (κ3) is 3.01. The topological polar surface area (TPSA) is 75.4 Å². The summed E-state index contributed by atoms with van der Waals surface area (Å²) in [5.74, 6) is 0.0135. The van der Waals surface area contributed by atoms with Crippen LogP contribution in [0.25, 0.3) is 0 Å². The molecule has 1 aromatic rings. The van der Waals surface area contributed by atoms with Crippen molar-refractivity contribution in [3.05, 3.63) is 28.3 Å². The standard InChI is InChI=1S/C8H6F3NO4S/c1-16-5-2-3-7(6(4-5)12(13)14)17(15)8(9,10)11/h2-4H,1H3. The van der Waals surface area contributed by atoms with Crippen molar-refractivity contribution in [3.63, 3.8) is 0 Å². The average Bonchev–Trinajstić information content (AvgIpc) is 2.25. The SMILES string of the molecule is COc1ccc([S+]([O-])C(F)(F)F)c([N+](=O)[O-])c1. The summed E-state index contributed by atoms with van der Waals surface area (Å²) >= 11 is -3.44. The van der Waals surface area contributed by atoms with E-state index in [1.165, 1.54) is 7.11 Å². The number of ether oxygens (including phenoxy) is 1. The van der Waals surface area contributed by atoms with Gasteiger partial charge in [-0.3, -0.25) is 10.1 Å². The van der Waals surface area contributed by atoms with Crippen molar-refractivity contribution >= 4 is 16.9 Å². The molecule has 1 atom stereocenters. The van der Waals surface area contributed by atoms with Crippen LogP contribution in [-0.4, -0.2) is 22.1 Å². The molecule has 0 saturated carbocycles. The second-order valence-electron chi connectivity index (χ2n) is 2.81. The first-order valence-corrected chi connectivity index (χ1v) is 5.23. The Morgan fingerprint density at radius 1 is 1.41 bits per heavy atom. The lowest BCUT2D eigenvalue weighted by molar-refractivity contribution is -0.388. The van der Waals surface area contributed by atoms with Crippen LogP contribution in [0.2, 0.25) is 0 Å². The van der Waals surface area contributed by atoms with Crippen molar-refractivity contribution in [3.8, 4) is 5.75 Å². The van der Waals surface area contributed by atoms with E-state index in [-0.39, 0.29) is 5.75 Å². The molecular weight excluding hydrogens is 263 g/mol. The van der Waals surface area contributed by atoms with E-state index in [0.717, 1.165) is 18.2 Å². The molecule has 0 aromatic heterocycles. The minimum Gasteiger partial charge on any atom is -0.604 e. The molecule has 5 nitrogen and oxygen atoms in total. The van der Waals surface area contributed by atoms with Gasteiger partial charge in [0.25, 0.3) is 0 Å². The zero-order valence-corrected chi connectivity index (χ0v) is 9.17. The summed E-state index contributed by atoms with van der Waals surface area (Å²) in [5.41, 5.74) is -5.93. The van der Waals surface area contributed by atoms with Gasteiger partial charge >= 0.3 is 11.2 Å². The van der Waals surface area contributed by atoms with E-state index < -0.39 is 32.2 Å². The van der Waals surface area contributed by atoms with Crippen LogP contribution < -0.4 is 4.74 Å². The maximum absolute atomic E-state index is 12.2. The maximum Gasteiger partial charge on any atom is 0.578 e. The predicted molar refractivity (Wildman–Crippen MR) is 52.1 cm³/mol. The molecule has 0 bridgehead atoms. The number of alkyl halides is 3. The molecule has 17 heavy (non-hydrogen) atoms. The third-order valence-electron chi connectivity index (χ3n) is 1.77. The van der Waals surface area contributed by atoms with Gasteiger partial charge in [-0.1, -0.05) is 0 Å². The number of hydrogen-bond donors (Lipinski definition) is 0. The summed E-state index contributed by atoms with van der Waals surface area (Å²) in [4.78, 5) is 8.63. The molecule has 1 aromatic carbocycles. The first-order chi connectivity index (χ1) is 7.77. The highest BCUT2D eigenvalue weighted by Crippen LogP contribution is 2.36. The number of halogens is 3. The second kappa shape index (κ2) is 4.80. The molecule has 0 aliphatic heterocycles. The molecule has 0 fully saturated rings. The van der Waals surface area contributed by atoms with Gasteiger partial charge in [-0.25, -0.2) is 0 Å². The number of hydrogen-bond acceptors (Lipinski definition) is 4. The molecule has 94 valence electrons. The number of nitro groups is 1. The molecule has 0 saturated heterocycles. The van der Waals surface area contributed by atoms with Crippen molar-refractivity contribution < 1.29 is 27.4 Å². The van der Waals surface area contributed by atoms with Crippen molar-refractivity contribution in [2.75, 3.05) is 7.11 Å². The molecule has 0 aliphatic carbocycles. The Hall–Kier alpha value is -1.48. The van der Waals surface area contributed by atoms with Crippen LogP contribution in [0.5, 0.6) is 5.75 Å². The summed E-state index contributed by atoms with van der Waals surface area (Å²) in [7, 11) is 1.21. The maximum atomic E-state index is 12.2. The van der Waals surface area contributed by atoms with Crippen LogP contribution in [0.15, 0.2) is 23.1 Å². The fourth-order valence-corrected chi connectivity index (χ4v) is 1.81. The van der Waals surface area contributed by atoms with Gasteiger partial charge in [0.2, 0.25) is 4.90 Å². The molecule has 1 unspecified atom stereocenters. The Bertz CT molecular complexity index is 437. The lowest BCUT2D eigenvalue weighted by Crippen LogP contribution is -2.24. The minimum absolute atomic E-state index is 0.0135. The van der Waals surface area contributed by atoms with Gasteiger partial charge in [0.15, 0.2) is 0 Å². The van der Waals surface area contributed by atoms with Gasteiger partial charge in [-0.05, 0) is 6.07 Å². The van der Waals surface area contributed by atoms with Gasteiger partial charge < -0.3 is 9.29 Å². The quantitative estimate of drug-likeness (QED) is 0.479. The summed E-state index contributed by atoms with van der Waals surface area (Å²) in [6.07, 6.45) is 0. The summed E-state index contributed by atoms with van der Waals surface area (Å²) in [6, 6.07) is 2.63. The van der Waals surface area contributed by atoms with Gasteiger partial charge in [-0.2, -0.15) is 0 Å². The van der Waals surface area contributed by atoms with Gasteiger partial charge in [-0.15, -0.1) is 13.2 Å². The fraction of sp³-hybridized carbons (Fsp3) is 0.250. The normalized spacial score (nSPS) is 13.2. The van der Waals surface area contributed by atoms with Crippen molar-refractivity contribution in [1.82, 2.24) is 0 Å². The molecule has 0 radical (unpaired) electrons. The number of nitrogens with zero attached hydrogens (tertiary/aromatic N) is 1. The molecule has 0 amide bonds. The third-order valence-corrected chi connectivity index (χ3v) is 2.94. The molecule has 0 spiro atoms. The molecule has 9 heteroatoms. The highest BCUT2D eigenvalue weighted by Gasteiger charge is 2.49. The van der Waals surface area contributed by atoms with Crippen molar-refractivity contribution in [2.45, 2.75) is 10.4 Å². The first-order valence-electron chi connectivity index (χ1n) is 4.08. The highest BCUT2D eigenvalue weighted by atomic mass is 32.2. The molecule has 1 rings (SSSR count).